The number of benzene rings is 2. The molecule has 2 aromatic carbocycles. The minimum atomic E-state index is -0.455. The van der Waals surface area contributed by atoms with Crippen LogP contribution in [-0.2, 0) is 16.1 Å². The monoisotopic (exact) mass is 378 g/mol. The van der Waals surface area contributed by atoms with Crippen molar-refractivity contribution in [3.05, 3.63) is 58.9 Å². The van der Waals surface area contributed by atoms with Crippen LogP contribution in [0.1, 0.15) is 5.56 Å². The van der Waals surface area contributed by atoms with Gasteiger partial charge in [0.1, 0.15) is 11.6 Å². The minimum Gasteiger partial charge on any atom is -0.482 e. The Labute approximate surface area is 156 Å². The lowest BCUT2D eigenvalue weighted by molar-refractivity contribution is -0.118. The summed E-state index contributed by atoms with van der Waals surface area (Å²) < 4.78 is 23.6. The molecule has 138 valence electrons. The minimum absolute atomic E-state index is 0.130. The van der Waals surface area contributed by atoms with Crippen LogP contribution >= 0.6 is 11.6 Å². The molecule has 1 heterocycles. The van der Waals surface area contributed by atoms with E-state index >= 15 is 0 Å². The highest BCUT2D eigenvalue weighted by Gasteiger charge is 2.11. The van der Waals surface area contributed by atoms with Gasteiger partial charge >= 0.3 is 0 Å². The summed E-state index contributed by atoms with van der Waals surface area (Å²) in [6.45, 7) is 4.06. The third kappa shape index (κ3) is 5.42. The first-order valence-electron chi connectivity index (χ1n) is 8.37. The zero-order valence-corrected chi connectivity index (χ0v) is 15.0. The molecule has 3 rings (SSSR count). The summed E-state index contributed by atoms with van der Waals surface area (Å²) in [6.07, 6.45) is 0. The molecule has 0 saturated carbocycles. The number of ether oxygens (including phenoxy) is 2. The quantitative estimate of drug-likeness (QED) is 0.837. The molecule has 26 heavy (non-hydrogen) atoms. The number of nitrogens with one attached hydrogen (secondary N) is 1. The van der Waals surface area contributed by atoms with Crippen molar-refractivity contribution in [1.82, 2.24) is 4.90 Å². The second-order valence-electron chi connectivity index (χ2n) is 6.00. The van der Waals surface area contributed by atoms with Crippen molar-refractivity contribution in [2.75, 3.05) is 38.2 Å². The predicted octanol–water partition coefficient (Wildman–Crippen LogP) is 3.33. The Morgan fingerprint density at radius 2 is 1.92 bits per heavy atom. The van der Waals surface area contributed by atoms with Gasteiger partial charge in [-0.3, -0.25) is 9.69 Å². The van der Waals surface area contributed by atoms with E-state index in [1.54, 1.807) is 0 Å². The zero-order valence-electron chi connectivity index (χ0n) is 14.2. The summed E-state index contributed by atoms with van der Waals surface area (Å²) in [4.78, 5) is 14.3. The summed E-state index contributed by atoms with van der Waals surface area (Å²) in [5.74, 6) is -0.501. The van der Waals surface area contributed by atoms with E-state index in [9.17, 15) is 9.18 Å². The lowest BCUT2D eigenvalue weighted by Gasteiger charge is -2.26. The number of anilines is 1. The second-order valence-corrected chi connectivity index (χ2v) is 6.40. The number of hydrogen-bond acceptors (Lipinski definition) is 4. The molecule has 2 aromatic rings. The van der Waals surface area contributed by atoms with Crippen molar-refractivity contribution >= 4 is 23.2 Å². The number of rotatable bonds is 6. The highest BCUT2D eigenvalue weighted by atomic mass is 35.5. The Morgan fingerprint density at radius 1 is 1.19 bits per heavy atom. The van der Waals surface area contributed by atoms with Crippen LogP contribution in [-0.4, -0.2) is 43.7 Å². The molecule has 1 aliphatic heterocycles. The van der Waals surface area contributed by atoms with E-state index < -0.39 is 5.82 Å². The average Bonchev–Trinajstić information content (AvgIpc) is 2.63. The highest BCUT2D eigenvalue weighted by Crippen LogP contribution is 2.24. The summed E-state index contributed by atoms with van der Waals surface area (Å²) in [6, 6.07) is 11.5. The van der Waals surface area contributed by atoms with Gasteiger partial charge < -0.3 is 14.8 Å². The lowest BCUT2D eigenvalue weighted by atomic mass is 10.2. The lowest BCUT2D eigenvalue weighted by Crippen LogP contribution is -2.35. The zero-order chi connectivity index (χ0) is 18.4. The molecule has 1 aliphatic rings. The van der Waals surface area contributed by atoms with Gasteiger partial charge in [-0.15, -0.1) is 0 Å². The summed E-state index contributed by atoms with van der Waals surface area (Å²) >= 11 is 5.86. The molecule has 1 saturated heterocycles. The van der Waals surface area contributed by atoms with Gasteiger partial charge in [-0.25, -0.2) is 4.39 Å². The van der Waals surface area contributed by atoms with Gasteiger partial charge in [0, 0.05) is 25.3 Å². The number of nitrogens with zero attached hydrogens (tertiary/aromatic N) is 1. The smallest absolute Gasteiger partial charge is 0.262 e. The Balaban J connectivity index is 1.47. The summed E-state index contributed by atoms with van der Waals surface area (Å²) in [7, 11) is 0. The molecule has 1 amide bonds. The molecular formula is C19H20ClFN2O3. The first-order chi connectivity index (χ1) is 12.6. The van der Waals surface area contributed by atoms with Gasteiger partial charge in [-0.2, -0.15) is 0 Å². The maximum Gasteiger partial charge on any atom is 0.262 e. The third-order valence-electron chi connectivity index (χ3n) is 4.00. The second kappa shape index (κ2) is 8.98. The molecule has 0 aromatic heterocycles. The van der Waals surface area contributed by atoms with Crippen molar-refractivity contribution < 1.29 is 18.7 Å². The molecule has 1 N–H and O–H groups in total. The van der Waals surface area contributed by atoms with Crippen LogP contribution in [0.25, 0.3) is 0 Å². The number of hydrogen-bond donors (Lipinski definition) is 1. The number of morpholine rings is 1. The van der Waals surface area contributed by atoms with Gasteiger partial charge in [-0.1, -0.05) is 23.7 Å². The first-order valence-corrected chi connectivity index (χ1v) is 8.75. The van der Waals surface area contributed by atoms with E-state index in [0.717, 1.165) is 38.9 Å². The average molecular weight is 379 g/mol. The summed E-state index contributed by atoms with van der Waals surface area (Å²) in [5.41, 5.74) is 1.87. The maximum atomic E-state index is 13.0. The van der Waals surface area contributed by atoms with Crippen LogP contribution in [0.3, 0.4) is 0 Å². The van der Waals surface area contributed by atoms with Crippen LogP contribution < -0.4 is 10.1 Å². The normalized spacial score (nSPS) is 14.8. The Morgan fingerprint density at radius 3 is 2.62 bits per heavy atom. The van der Waals surface area contributed by atoms with Crippen LogP contribution in [0, 0.1) is 5.82 Å². The molecular weight excluding hydrogens is 359 g/mol. The maximum absolute atomic E-state index is 13.0. The Kier molecular flexibility index (Phi) is 6.44. The number of amides is 1. The fraction of sp³-hybridized carbons (Fsp3) is 0.316. The number of halogens is 2. The van der Waals surface area contributed by atoms with E-state index in [1.165, 1.54) is 17.7 Å². The molecule has 0 spiro atoms. The van der Waals surface area contributed by atoms with Crippen LogP contribution in [0.15, 0.2) is 42.5 Å². The molecule has 7 heteroatoms. The van der Waals surface area contributed by atoms with Crippen LogP contribution in [0.4, 0.5) is 10.1 Å². The van der Waals surface area contributed by atoms with Crippen molar-refractivity contribution in [3.63, 3.8) is 0 Å². The molecule has 1 fully saturated rings. The van der Waals surface area contributed by atoms with E-state index in [1.807, 2.05) is 24.3 Å². The topological polar surface area (TPSA) is 50.8 Å². The van der Waals surface area contributed by atoms with Crippen LogP contribution in [0.2, 0.25) is 5.02 Å². The van der Waals surface area contributed by atoms with Gasteiger partial charge in [0.2, 0.25) is 0 Å². The number of carbonyl (C=O) groups excluding carboxylic acids is 1. The largest absolute Gasteiger partial charge is 0.482 e. The Bertz CT molecular complexity index is 749. The van der Waals surface area contributed by atoms with E-state index in [2.05, 4.69) is 10.2 Å². The molecule has 0 radical (unpaired) electrons. The number of carbonyl (C=O) groups is 1. The van der Waals surface area contributed by atoms with Crippen molar-refractivity contribution in [2.24, 2.45) is 0 Å². The van der Waals surface area contributed by atoms with Gasteiger partial charge in [-0.05, 0) is 35.9 Å². The fourth-order valence-corrected chi connectivity index (χ4v) is 2.87. The molecule has 0 atom stereocenters. The van der Waals surface area contributed by atoms with Crippen molar-refractivity contribution in [2.45, 2.75) is 6.54 Å². The standard InChI is InChI=1S/C19H20ClFN2O3/c20-17-11-15(21)3-6-18(17)26-13-19(24)22-16-4-1-14(2-5-16)12-23-7-9-25-10-8-23/h1-6,11H,7-10,12-13H2,(H,22,24). The molecule has 0 aliphatic carbocycles. The molecule has 5 nitrogen and oxygen atoms in total. The predicted molar refractivity (Wildman–Crippen MR) is 98.1 cm³/mol. The van der Waals surface area contributed by atoms with Gasteiger partial charge in [0.15, 0.2) is 6.61 Å². The molecule has 0 unspecified atom stereocenters. The summed E-state index contributed by atoms with van der Waals surface area (Å²) in [5, 5.41) is 2.89. The van der Waals surface area contributed by atoms with Gasteiger partial charge in [0.25, 0.3) is 5.91 Å². The van der Waals surface area contributed by atoms with Crippen molar-refractivity contribution in [3.8, 4) is 5.75 Å². The fourth-order valence-electron chi connectivity index (χ4n) is 2.64. The van der Waals surface area contributed by atoms with E-state index in [-0.39, 0.29) is 23.3 Å². The van der Waals surface area contributed by atoms with Gasteiger partial charge in [0.05, 0.1) is 18.2 Å². The van der Waals surface area contributed by atoms with Crippen molar-refractivity contribution in [1.29, 1.82) is 0 Å². The van der Waals surface area contributed by atoms with Crippen LogP contribution in [0.5, 0.6) is 5.75 Å². The van der Waals surface area contributed by atoms with E-state index in [4.69, 9.17) is 21.1 Å². The molecule has 0 bridgehead atoms. The first kappa shape index (κ1) is 18.6. The van der Waals surface area contributed by atoms with E-state index in [0.29, 0.717) is 5.69 Å². The highest BCUT2D eigenvalue weighted by molar-refractivity contribution is 6.32. The Hall–Kier alpha value is -2.15. The SMILES string of the molecule is O=C(COc1ccc(F)cc1Cl)Nc1ccc(CN2CCOCC2)cc1. The third-order valence-corrected chi connectivity index (χ3v) is 4.30.